The molecule has 1 saturated heterocycles. The van der Waals surface area contributed by atoms with E-state index in [1.165, 1.54) is 0 Å². The van der Waals surface area contributed by atoms with Gasteiger partial charge in [0, 0.05) is 18.2 Å². The molecular formula is C26H26ClF3N4O4. The summed E-state index contributed by atoms with van der Waals surface area (Å²) >= 11 is 6.82. The Balaban J connectivity index is 0.000000505. The molecular weight excluding hydrogens is 525 g/mol. The van der Waals surface area contributed by atoms with Gasteiger partial charge in [0.1, 0.15) is 0 Å². The number of carbonyl (C=O) groups excluding carboxylic acids is 1. The van der Waals surface area contributed by atoms with Crippen LogP contribution < -0.4 is 5.73 Å². The number of amides is 1. The number of carboxylic acids is 1. The largest absolute Gasteiger partial charge is 0.490 e. The molecule has 0 spiro atoms. The van der Waals surface area contributed by atoms with Gasteiger partial charge in [0.15, 0.2) is 5.96 Å². The topological polar surface area (TPSA) is 129 Å². The number of aliphatic imine (C=N–C) groups is 1. The summed E-state index contributed by atoms with van der Waals surface area (Å²) in [6, 6.07) is 15.1. The first-order valence-electron chi connectivity index (χ1n) is 11.7. The number of alkyl halides is 3. The van der Waals surface area contributed by atoms with Gasteiger partial charge in [-0.15, -0.1) is 0 Å². The van der Waals surface area contributed by atoms with Gasteiger partial charge in [-0.05, 0) is 49.9 Å². The first kappa shape index (κ1) is 28.9. The molecule has 0 aromatic heterocycles. The lowest BCUT2D eigenvalue weighted by Crippen LogP contribution is -2.56. The summed E-state index contributed by atoms with van der Waals surface area (Å²) in [4.78, 5) is 28.5. The standard InChI is InChI=1S/C24H25ClN4O2.C2HF3O2/c1-15-12-18(10-11-31-15)29-21(30)13-24(2,28-23(29)27)20-5-3-4-19(22(20)25)17-8-6-16(14-26)7-9-17;3-2(4,5)1(6)7/h3-9,15,18H,10-13H2,1-2H3,(H2,27,28);(H,6,7)/t15-,18-,24-;/m0./s1. The number of aliphatic carboxylic acids is 1. The quantitative estimate of drug-likeness (QED) is 0.562. The Morgan fingerprint density at radius 3 is 2.45 bits per heavy atom. The maximum absolute atomic E-state index is 13.2. The Labute approximate surface area is 222 Å². The summed E-state index contributed by atoms with van der Waals surface area (Å²) in [6.07, 6.45) is -3.31. The van der Waals surface area contributed by atoms with Crippen LogP contribution in [0.1, 0.15) is 44.2 Å². The van der Waals surface area contributed by atoms with Crippen molar-refractivity contribution < 1.29 is 32.6 Å². The summed E-state index contributed by atoms with van der Waals surface area (Å²) < 4.78 is 37.3. The van der Waals surface area contributed by atoms with Gasteiger partial charge in [0.05, 0.1) is 34.7 Å². The highest BCUT2D eigenvalue weighted by Crippen LogP contribution is 2.42. The average molecular weight is 551 g/mol. The third-order valence-corrected chi connectivity index (χ3v) is 6.75. The van der Waals surface area contributed by atoms with Crippen molar-refractivity contribution in [3.63, 3.8) is 0 Å². The molecule has 2 aliphatic rings. The minimum absolute atomic E-state index is 0.00463. The van der Waals surface area contributed by atoms with Crippen LogP contribution in [-0.2, 0) is 19.9 Å². The lowest BCUT2D eigenvalue weighted by atomic mass is 9.85. The highest BCUT2D eigenvalue weighted by Gasteiger charge is 2.42. The normalized spacial score (nSPS) is 23.6. The molecule has 1 amide bonds. The smallest absolute Gasteiger partial charge is 0.475 e. The molecule has 2 aromatic rings. The molecule has 0 saturated carbocycles. The Morgan fingerprint density at radius 2 is 1.92 bits per heavy atom. The zero-order chi connectivity index (χ0) is 28.3. The van der Waals surface area contributed by atoms with Crippen molar-refractivity contribution in [1.29, 1.82) is 5.26 Å². The molecule has 3 N–H and O–H groups in total. The number of carbonyl (C=O) groups is 2. The maximum atomic E-state index is 13.2. The third kappa shape index (κ3) is 6.44. The molecule has 2 heterocycles. The lowest BCUT2D eigenvalue weighted by molar-refractivity contribution is -0.192. The molecule has 0 bridgehead atoms. The van der Waals surface area contributed by atoms with E-state index in [9.17, 15) is 18.0 Å². The first-order chi connectivity index (χ1) is 17.8. The van der Waals surface area contributed by atoms with E-state index in [-0.39, 0.29) is 30.4 Å². The van der Waals surface area contributed by atoms with Gasteiger partial charge in [-0.3, -0.25) is 9.69 Å². The predicted molar refractivity (Wildman–Crippen MR) is 134 cm³/mol. The van der Waals surface area contributed by atoms with Crippen LogP contribution in [0.5, 0.6) is 0 Å². The fourth-order valence-corrected chi connectivity index (χ4v) is 4.94. The number of benzene rings is 2. The molecule has 4 rings (SSSR count). The molecule has 12 heteroatoms. The zero-order valence-corrected chi connectivity index (χ0v) is 21.4. The van der Waals surface area contributed by atoms with E-state index in [1.807, 2.05) is 44.2 Å². The highest BCUT2D eigenvalue weighted by atomic mass is 35.5. The van der Waals surface area contributed by atoms with E-state index in [0.717, 1.165) is 29.5 Å². The van der Waals surface area contributed by atoms with E-state index in [2.05, 4.69) is 6.07 Å². The van der Waals surface area contributed by atoms with Crippen molar-refractivity contribution in [3.8, 4) is 17.2 Å². The molecule has 2 aromatic carbocycles. The fourth-order valence-electron chi connectivity index (χ4n) is 4.50. The van der Waals surface area contributed by atoms with Crippen LogP contribution >= 0.6 is 11.6 Å². The second-order valence-corrected chi connectivity index (χ2v) is 9.58. The second kappa shape index (κ2) is 11.4. The number of carboxylic acid groups (broad SMARTS) is 1. The van der Waals surface area contributed by atoms with Crippen LogP contribution in [-0.4, -0.2) is 52.8 Å². The minimum Gasteiger partial charge on any atom is -0.475 e. The lowest BCUT2D eigenvalue weighted by Gasteiger charge is -2.41. The van der Waals surface area contributed by atoms with Crippen molar-refractivity contribution >= 4 is 29.4 Å². The number of nitrogens with zero attached hydrogens (tertiary/aromatic N) is 3. The molecule has 2 aliphatic heterocycles. The van der Waals surface area contributed by atoms with Crippen LogP contribution in [0.25, 0.3) is 11.1 Å². The number of hydrogen-bond donors (Lipinski definition) is 2. The van der Waals surface area contributed by atoms with Crippen molar-refractivity contribution in [2.45, 2.75) is 57.0 Å². The van der Waals surface area contributed by atoms with E-state index < -0.39 is 17.7 Å². The number of nitriles is 1. The van der Waals surface area contributed by atoms with Crippen LogP contribution in [0.15, 0.2) is 47.5 Å². The van der Waals surface area contributed by atoms with Gasteiger partial charge in [0.25, 0.3) is 0 Å². The van der Waals surface area contributed by atoms with Gasteiger partial charge in [-0.25, -0.2) is 9.79 Å². The monoisotopic (exact) mass is 550 g/mol. The second-order valence-electron chi connectivity index (χ2n) is 9.20. The van der Waals surface area contributed by atoms with E-state index >= 15 is 0 Å². The average Bonchev–Trinajstić information content (AvgIpc) is 2.83. The number of guanidine groups is 1. The van der Waals surface area contributed by atoms with Crippen molar-refractivity contribution in [3.05, 3.63) is 58.6 Å². The summed E-state index contributed by atoms with van der Waals surface area (Å²) in [5.41, 5.74) is 8.54. The first-order valence-corrected chi connectivity index (χ1v) is 12.0. The van der Waals surface area contributed by atoms with Crippen LogP contribution in [0, 0.1) is 11.3 Å². The molecule has 0 aliphatic carbocycles. The number of ether oxygens (including phenoxy) is 1. The Kier molecular flexibility index (Phi) is 8.69. The molecule has 202 valence electrons. The molecule has 38 heavy (non-hydrogen) atoms. The Hall–Kier alpha value is -3.62. The predicted octanol–water partition coefficient (Wildman–Crippen LogP) is 4.84. The molecule has 3 atom stereocenters. The SMILES string of the molecule is C[C@H]1C[C@@H](N2C(=O)C[C@@](C)(c3cccc(-c4ccc(C#N)cc4)c3Cl)N=C2N)CCO1.O=C(O)C(F)(F)F. The van der Waals surface area contributed by atoms with E-state index in [0.29, 0.717) is 17.2 Å². The summed E-state index contributed by atoms with van der Waals surface area (Å²) in [5.74, 6) is -2.57. The van der Waals surface area contributed by atoms with Gasteiger partial charge < -0.3 is 15.6 Å². The number of rotatable bonds is 3. The molecule has 0 radical (unpaired) electrons. The van der Waals surface area contributed by atoms with Crippen LogP contribution in [0.4, 0.5) is 13.2 Å². The summed E-state index contributed by atoms with van der Waals surface area (Å²) in [7, 11) is 0. The van der Waals surface area contributed by atoms with E-state index in [4.69, 9.17) is 42.2 Å². The van der Waals surface area contributed by atoms with E-state index in [1.54, 1.807) is 17.0 Å². The Bertz CT molecular complexity index is 1280. The minimum atomic E-state index is -5.08. The van der Waals surface area contributed by atoms with Gasteiger partial charge in [-0.1, -0.05) is 41.9 Å². The molecule has 1 fully saturated rings. The van der Waals surface area contributed by atoms with Crippen molar-refractivity contribution in [2.24, 2.45) is 10.7 Å². The number of nitrogens with two attached hydrogens (primary N) is 1. The maximum Gasteiger partial charge on any atom is 0.490 e. The zero-order valence-electron chi connectivity index (χ0n) is 20.6. The van der Waals surface area contributed by atoms with Gasteiger partial charge >= 0.3 is 12.1 Å². The fraction of sp³-hybridized carbons (Fsp3) is 0.385. The Morgan fingerprint density at radius 1 is 1.29 bits per heavy atom. The molecule has 8 nitrogen and oxygen atoms in total. The molecule has 0 unspecified atom stereocenters. The van der Waals surface area contributed by atoms with Crippen LogP contribution in [0.2, 0.25) is 5.02 Å². The van der Waals surface area contributed by atoms with Crippen LogP contribution in [0.3, 0.4) is 0 Å². The highest BCUT2D eigenvalue weighted by molar-refractivity contribution is 6.34. The van der Waals surface area contributed by atoms with Crippen molar-refractivity contribution in [1.82, 2.24) is 4.90 Å². The third-order valence-electron chi connectivity index (χ3n) is 6.34. The van der Waals surface area contributed by atoms with Gasteiger partial charge in [-0.2, -0.15) is 18.4 Å². The summed E-state index contributed by atoms with van der Waals surface area (Å²) in [6.45, 7) is 4.51. The van der Waals surface area contributed by atoms with Crippen molar-refractivity contribution in [2.75, 3.05) is 6.61 Å². The number of halogens is 4. The summed E-state index contributed by atoms with van der Waals surface area (Å²) in [5, 5.41) is 16.7. The van der Waals surface area contributed by atoms with Gasteiger partial charge in [0.2, 0.25) is 5.91 Å². The number of hydrogen-bond acceptors (Lipinski definition) is 6.